The number of aliphatic carboxylic acids is 1. The number of aromatic nitrogens is 1. The van der Waals surface area contributed by atoms with E-state index in [0.29, 0.717) is 17.1 Å². The molecular formula is C15H15FN2O4. The van der Waals surface area contributed by atoms with Crippen LogP contribution < -0.4 is 5.32 Å². The Kier molecular flexibility index (Phi) is 4.88. The van der Waals surface area contributed by atoms with Gasteiger partial charge in [0.1, 0.15) is 12.1 Å². The predicted octanol–water partition coefficient (Wildman–Crippen LogP) is 1.86. The lowest BCUT2D eigenvalue weighted by Gasteiger charge is -2.07. The number of carbonyl (C=O) groups excluding carboxylic acids is 1. The molecule has 0 saturated carbocycles. The van der Waals surface area contributed by atoms with Gasteiger partial charge in [-0.25, -0.2) is 9.37 Å². The summed E-state index contributed by atoms with van der Waals surface area (Å²) in [5.74, 6) is -2.03. The van der Waals surface area contributed by atoms with Crippen molar-refractivity contribution in [2.45, 2.75) is 13.3 Å². The molecule has 0 aliphatic rings. The molecule has 6 nitrogen and oxygen atoms in total. The molecule has 2 rings (SSSR count). The molecule has 22 heavy (non-hydrogen) atoms. The number of rotatable bonds is 6. The van der Waals surface area contributed by atoms with Gasteiger partial charge in [0.05, 0.1) is 18.0 Å². The van der Waals surface area contributed by atoms with Crippen molar-refractivity contribution in [1.82, 2.24) is 10.3 Å². The standard InChI is InChI=1S/C15H15FN2O4/c1-9(15(20)21)7-17-13(19)6-12-8-22-14(18-12)10-2-4-11(16)5-3-10/h2-5,8-9H,6-7H2,1H3,(H,17,19)(H,20,21). The monoisotopic (exact) mass is 306 g/mol. The van der Waals surface area contributed by atoms with E-state index in [-0.39, 0.29) is 24.7 Å². The SMILES string of the molecule is CC(CNC(=O)Cc1coc(-c2ccc(F)cc2)n1)C(=O)O. The van der Waals surface area contributed by atoms with Gasteiger partial charge < -0.3 is 14.8 Å². The highest BCUT2D eigenvalue weighted by molar-refractivity contribution is 5.79. The van der Waals surface area contributed by atoms with Crippen molar-refractivity contribution in [3.8, 4) is 11.5 Å². The molecule has 116 valence electrons. The molecule has 1 aromatic heterocycles. The summed E-state index contributed by atoms with van der Waals surface area (Å²) in [6.45, 7) is 1.56. The molecule has 1 amide bonds. The largest absolute Gasteiger partial charge is 0.481 e. The molecule has 1 heterocycles. The quantitative estimate of drug-likeness (QED) is 0.850. The molecule has 0 saturated heterocycles. The molecule has 1 aromatic carbocycles. The Labute approximate surface area is 126 Å². The maximum absolute atomic E-state index is 12.8. The van der Waals surface area contributed by atoms with Gasteiger partial charge in [-0.1, -0.05) is 6.92 Å². The van der Waals surface area contributed by atoms with E-state index in [2.05, 4.69) is 10.3 Å². The second-order valence-corrected chi connectivity index (χ2v) is 4.87. The number of carboxylic acids is 1. The smallest absolute Gasteiger partial charge is 0.308 e. The molecular weight excluding hydrogens is 291 g/mol. The van der Waals surface area contributed by atoms with Crippen LogP contribution in [0.15, 0.2) is 34.9 Å². The molecule has 0 spiro atoms. The molecule has 0 aliphatic carbocycles. The molecule has 2 aromatic rings. The van der Waals surface area contributed by atoms with E-state index in [0.717, 1.165) is 0 Å². The summed E-state index contributed by atoms with van der Waals surface area (Å²) in [7, 11) is 0. The molecule has 1 atom stereocenters. The Morgan fingerprint density at radius 1 is 1.36 bits per heavy atom. The van der Waals surface area contributed by atoms with Gasteiger partial charge in [0.15, 0.2) is 0 Å². The summed E-state index contributed by atoms with van der Waals surface area (Å²) in [5.41, 5.74) is 1.02. The number of hydrogen-bond donors (Lipinski definition) is 2. The molecule has 1 unspecified atom stereocenters. The average molecular weight is 306 g/mol. The average Bonchev–Trinajstić information content (AvgIpc) is 2.93. The highest BCUT2D eigenvalue weighted by Gasteiger charge is 2.14. The zero-order chi connectivity index (χ0) is 16.1. The summed E-state index contributed by atoms with van der Waals surface area (Å²) in [6, 6.07) is 5.64. The van der Waals surface area contributed by atoms with Crippen LogP contribution in [0.3, 0.4) is 0 Å². The van der Waals surface area contributed by atoms with E-state index in [1.165, 1.54) is 37.5 Å². The Balaban J connectivity index is 1.93. The normalized spacial score (nSPS) is 11.9. The van der Waals surface area contributed by atoms with Crippen molar-refractivity contribution in [1.29, 1.82) is 0 Å². The van der Waals surface area contributed by atoms with Crippen LogP contribution in [-0.2, 0) is 16.0 Å². The first-order chi connectivity index (χ1) is 10.5. The van der Waals surface area contributed by atoms with Crippen LogP contribution in [0.4, 0.5) is 4.39 Å². The maximum Gasteiger partial charge on any atom is 0.308 e. The number of nitrogens with zero attached hydrogens (tertiary/aromatic N) is 1. The minimum Gasteiger partial charge on any atom is -0.481 e. The summed E-state index contributed by atoms with van der Waals surface area (Å²) in [4.78, 5) is 26.5. The van der Waals surface area contributed by atoms with Crippen molar-refractivity contribution in [2.24, 2.45) is 5.92 Å². The van der Waals surface area contributed by atoms with Crippen LogP contribution in [0.25, 0.3) is 11.5 Å². The van der Waals surface area contributed by atoms with Gasteiger partial charge in [0, 0.05) is 12.1 Å². The van der Waals surface area contributed by atoms with Crippen LogP contribution >= 0.6 is 0 Å². The lowest BCUT2D eigenvalue weighted by Crippen LogP contribution is -2.32. The first kappa shape index (κ1) is 15.7. The van der Waals surface area contributed by atoms with Crippen molar-refractivity contribution >= 4 is 11.9 Å². The molecule has 0 fully saturated rings. The Hall–Kier alpha value is -2.70. The van der Waals surface area contributed by atoms with Gasteiger partial charge >= 0.3 is 5.97 Å². The van der Waals surface area contributed by atoms with Crippen molar-refractivity contribution in [3.05, 3.63) is 42.0 Å². The van der Waals surface area contributed by atoms with E-state index >= 15 is 0 Å². The summed E-state index contributed by atoms with van der Waals surface area (Å²) in [6.07, 6.45) is 1.33. The van der Waals surface area contributed by atoms with Gasteiger partial charge in [0.2, 0.25) is 11.8 Å². The molecule has 0 bridgehead atoms. The number of carboxylic acid groups (broad SMARTS) is 1. The van der Waals surface area contributed by atoms with E-state index in [9.17, 15) is 14.0 Å². The highest BCUT2D eigenvalue weighted by Crippen LogP contribution is 2.19. The lowest BCUT2D eigenvalue weighted by atomic mass is 10.2. The van der Waals surface area contributed by atoms with E-state index < -0.39 is 11.9 Å². The number of benzene rings is 1. The summed E-state index contributed by atoms with van der Waals surface area (Å²) in [5, 5.41) is 11.2. The maximum atomic E-state index is 12.8. The second-order valence-electron chi connectivity index (χ2n) is 4.87. The zero-order valence-corrected chi connectivity index (χ0v) is 11.9. The molecule has 2 N–H and O–H groups in total. The van der Waals surface area contributed by atoms with Crippen LogP contribution in [0.5, 0.6) is 0 Å². The number of nitrogens with one attached hydrogen (secondary N) is 1. The van der Waals surface area contributed by atoms with Crippen molar-refractivity contribution < 1.29 is 23.5 Å². The molecule has 0 radical (unpaired) electrons. The minimum absolute atomic E-state index is 0.0168. The molecule has 7 heteroatoms. The van der Waals surface area contributed by atoms with Crippen LogP contribution in [-0.4, -0.2) is 28.5 Å². The summed E-state index contributed by atoms with van der Waals surface area (Å²) < 4.78 is 18.1. The Morgan fingerprint density at radius 3 is 2.68 bits per heavy atom. The fourth-order valence-electron chi connectivity index (χ4n) is 1.69. The van der Waals surface area contributed by atoms with Gasteiger partial charge in [-0.05, 0) is 24.3 Å². The van der Waals surface area contributed by atoms with Gasteiger partial charge in [-0.3, -0.25) is 9.59 Å². The zero-order valence-electron chi connectivity index (χ0n) is 11.9. The minimum atomic E-state index is -0.972. The van der Waals surface area contributed by atoms with Gasteiger partial charge in [-0.15, -0.1) is 0 Å². The second kappa shape index (κ2) is 6.84. The first-order valence-electron chi connectivity index (χ1n) is 6.65. The first-order valence-corrected chi connectivity index (χ1v) is 6.65. The van der Waals surface area contributed by atoms with Gasteiger partial charge in [0.25, 0.3) is 0 Å². The molecule has 0 aliphatic heterocycles. The third-order valence-corrected chi connectivity index (χ3v) is 3.01. The summed E-state index contributed by atoms with van der Waals surface area (Å²) >= 11 is 0. The number of oxazole rings is 1. The van der Waals surface area contributed by atoms with Crippen molar-refractivity contribution in [3.63, 3.8) is 0 Å². The Bertz CT molecular complexity index is 666. The number of hydrogen-bond acceptors (Lipinski definition) is 4. The Morgan fingerprint density at radius 2 is 2.05 bits per heavy atom. The predicted molar refractivity (Wildman–Crippen MR) is 75.4 cm³/mol. The number of halogens is 1. The third kappa shape index (κ3) is 4.15. The van der Waals surface area contributed by atoms with E-state index in [1.807, 2.05) is 0 Å². The fraction of sp³-hybridized carbons (Fsp3) is 0.267. The number of amides is 1. The number of carbonyl (C=O) groups is 2. The van der Waals surface area contributed by atoms with Crippen molar-refractivity contribution in [2.75, 3.05) is 6.54 Å². The van der Waals surface area contributed by atoms with Crippen LogP contribution in [0.1, 0.15) is 12.6 Å². The highest BCUT2D eigenvalue weighted by atomic mass is 19.1. The van der Waals surface area contributed by atoms with Crippen LogP contribution in [0.2, 0.25) is 0 Å². The topological polar surface area (TPSA) is 92.4 Å². The van der Waals surface area contributed by atoms with E-state index in [4.69, 9.17) is 9.52 Å². The fourth-order valence-corrected chi connectivity index (χ4v) is 1.69. The lowest BCUT2D eigenvalue weighted by molar-refractivity contribution is -0.141. The third-order valence-electron chi connectivity index (χ3n) is 3.01. The van der Waals surface area contributed by atoms with Gasteiger partial charge in [-0.2, -0.15) is 0 Å². The van der Waals surface area contributed by atoms with E-state index in [1.54, 1.807) is 0 Å². The van der Waals surface area contributed by atoms with Crippen LogP contribution in [0, 0.1) is 11.7 Å².